The molecule has 6 unspecified atom stereocenters. The third-order valence-corrected chi connectivity index (χ3v) is 12.9. The Bertz CT molecular complexity index is 2930. The molecular weight excluding hydrogens is 1090 g/mol. The molecule has 14 nitrogen and oxygen atoms in total. The number of nitrogens with zero attached hydrogens (tertiary/aromatic N) is 4. The van der Waals surface area contributed by atoms with Gasteiger partial charge in [-0.05, 0) is 91.9 Å². The van der Waals surface area contributed by atoms with Crippen LogP contribution in [0.4, 0.5) is 43.2 Å². The van der Waals surface area contributed by atoms with Crippen LogP contribution < -0.4 is 31.2 Å². The Balaban J connectivity index is 0.000000166. The highest BCUT2D eigenvalue weighted by Gasteiger charge is 2.43. The van der Waals surface area contributed by atoms with Gasteiger partial charge in [0.25, 0.3) is 0 Å². The zero-order chi connectivity index (χ0) is 48.6. The van der Waals surface area contributed by atoms with Gasteiger partial charge in [0, 0.05) is 63.9 Å². The Labute approximate surface area is 426 Å². The molecule has 0 radical (unpaired) electrons. The van der Waals surface area contributed by atoms with Crippen LogP contribution in [-0.2, 0) is 19.1 Å². The van der Waals surface area contributed by atoms with Crippen LogP contribution in [0.2, 0.25) is 10.0 Å². The molecule has 10 rings (SSSR count). The molecule has 0 aliphatic carbocycles. The predicted octanol–water partition coefficient (Wildman–Crippen LogP) is 11.9. The maximum Gasteiger partial charge on any atom is 0.248 e. The predicted molar refractivity (Wildman–Crippen MR) is 272 cm³/mol. The van der Waals surface area contributed by atoms with Crippen LogP contribution in [0.25, 0.3) is 21.8 Å². The number of hydrogen-bond acceptors (Lipinski definition) is 13. The molecule has 69 heavy (non-hydrogen) atoms. The van der Waals surface area contributed by atoms with E-state index in [0.717, 1.165) is 43.9 Å². The summed E-state index contributed by atoms with van der Waals surface area (Å²) >= 11 is 23.0. The molecule has 0 spiro atoms. The Morgan fingerprint density at radius 1 is 0.710 bits per heavy atom. The quantitative estimate of drug-likeness (QED) is 0.0371. The van der Waals surface area contributed by atoms with Crippen LogP contribution in [0.3, 0.4) is 0 Å². The molecule has 4 aliphatic rings. The van der Waals surface area contributed by atoms with Crippen molar-refractivity contribution >= 4 is 134 Å². The lowest BCUT2D eigenvalue weighted by atomic mass is 9.98. The SMILES string of the molecule is Nc1cc2c(Nc3ccc(F)c(Cl)c3)ncnc2cc1OC1CC2CCC1O2.O=C(/C=C/CBr)Nc1cc2c(Nc3ccc(F)c(Cl)c3)ncnc2cc1OC1CC2CCC1O2.O=C(Cl)/C=C/CBr. The number of alkyl halides is 2. The molecule has 21 heteroatoms. The van der Waals surface area contributed by atoms with E-state index in [1.54, 1.807) is 42.5 Å². The number of benzene rings is 4. The average molecular weight is 1130 g/mol. The number of amides is 1. The second kappa shape index (κ2) is 23.1. The summed E-state index contributed by atoms with van der Waals surface area (Å²) in [6.45, 7) is 0. The third-order valence-electron chi connectivity index (χ3n) is 11.5. The van der Waals surface area contributed by atoms with Gasteiger partial charge in [-0.1, -0.05) is 67.2 Å². The third kappa shape index (κ3) is 12.8. The Hall–Kier alpha value is -5.21. The first-order chi connectivity index (χ1) is 33.3. The minimum absolute atomic E-state index is 0.00124. The molecule has 360 valence electrons. The molecule has 6 atom stereocenters. The highest BCUT2D eigenvalue weighted by atomic mass is 79.9. The lowest BCUT2D eigenvalue weighted by molar-refractivity contribution is -0.112. The lowest BCUT2D eigenvalue weighted by Crippen LogP contribution is -2.28. The summed E-state index contributed by atoms with van der Waals surface area (Å²) in [4.78, 5) is 39.7. The van der Waals surface area contributed by atoms with Crippen LogP contribution in [0.5, 0.6) is 11.5 Å². The van der Waals surface area contributed by atoms with E-state index in [2.05, 4.69) is 67.7 Å². The Morgan fingerprint density at radius 2 is 1.22 bits per heavy atom. The van der Waals surface area contributed by atoms with Crippen molar-refractivity contribution in [2.45, 2.75) is 75.1 Å². The molecule has 0 saturated carbocycles. The number of allylic oxidation sites excluding steroid dienone is 3. The number of fused-ring (bicyclic) bond motifs is 6. The number of nitrogens with two attached hydrogens (primary N) is 1. The van der Waals surface area contributed by atoms with Gasteiger partial charge in [-0.2, -0.15) is 0 Å². The molecule has 4 aromatic carbocycles. The number of hydrogen-bond donors (Lipinski definition) is 4. The van der Waals surface area contributed by atoms with Gasteiger partial charge < -0.3 is 40.6 Å². The molecule has 4 bridgehead atoms. The van der Waals surface area contributed by atoms with Crippen LogP contribution in [0, 0.1) is 11.6 Å². The van der Waals surface area contributed by atoms with Gasteiger partial charge in [0.05, 0.1) is 56.9 Å². The number of anilines is 6. The van der Waals surface area contributed by atoms with Crippen molar-refractivity contribution in [2.24, 2.45) is 0 Å². The molecule has 6 heterocycles. The highest BCUT2D eigenvalue weighted by Crippen LogP contribution is 2.42. The first kappa shape index (κ1) is 50.2. The van der Waals surface area contributed by atoms with E-state index in [9.17, 15) is 18.4 Å². The van der Waals surface area contributed by atoms with E-state index in [-0.39, 0.29) is 46.5 Å². The Morgan fingerprint density at radius 3 is 1.68 bits per heavy atom. The van der Waals surface area contributed by atoms with E-state index < -0.39 is 16.9 Å². The van der Waals surface area contributed by atoms with E-state index in [1.165, 1.54) is 49.1 Å². The first-order valence-electron chi connectivity index (χ1n) is 21.7. The summed E-state index contributed by atoms with van der Waals surface area (Å²) in [5, 5.41) is 11.4. The number of carbonyl (C=O) groups is 2. The number of carbonyl (C=O) groups excluding carboxylic acids is 2. The van der Waals surface area contributed by atoms with Crippen LogP contribution in [0.1, 0.15) is 38.5 Å². The van der Waals surface area contributed by atoms with Crippen molar-refractivity contribution in [2.75, 3.05) is 32.3 Å². The normalized spacial score (nSPS) is 21.0. The largest absolute Gasteiger partial charge is 0.485 e. The first-order valence-corrected chi connectivity index (χ1v) is 25.1. The fraction of sp³-hybridized carbons (Fsp3) is 0.292. The minimum atomic E-state index is -0.507. The Kier molecular flexibility index (Phi) is 16.8. The van der Waals surface area contributed by atoms with Gasteiger partial charge in [-0.25, -0.2) is 28.7 Å². The molecular formula is C48H43Br2Cl3F2N8O6. The number of ether oxygens (including phenoxy) is 4. The lowest BCUT2D eigenvalue weighted by Gasteiger charge is -2.22. The summed E-state index contributed by atoms with van der Waals surface area (Å²) in [5.41, 5.74) is 9.75. The molecule has 2 aromatic heterocycles. The smallest absolute Gasteiger partial charge is 0.248 e. The van der Waals surface area contributed by atoms with Crippen LogP contribution in [-0.4, -0.2) is 78.4 Å². The van der Waals surface area contributed by atoms with Crippen molar-refractivity contribution in [1.82, 2.24) is 19.9 Å². The van der Waals surface area contributed by atoms with Crippen molar-refractivity contribution in [3.05, 3.63) is 119 Å². The fourth-order valence-electron chi connectivity index (χ4n) is 8.32. The fourth-order valence-corrected chi connectivity index (χ4v) is 9.15. The van der Waals surface area contributed by atoms with E-state index in [0.29, 0.717) is 79.1 Å². The molecule has 4 aliphatic heterocycles. The summed E-state index contributed by atoms with van der Waals surface area (Å²) < 4.78 is 51.2. The van der Waals surface area contributed by atoms with Gasteiger partial charge in [0.1, 0.15) is 59.6 Å². The maximum absolute atomic E-state index is 13.6. The van der Waals surface area contributed by atoms with Gasteiger partial charge in [0.2, 0.25) is 11.1 Å². The zero-order valence-electron chi connectivity index (χ0n) is 36.3. The standard InChI is InChI=1S/C24H21BrClFN4O3.C20H18ClFN4O2.C4H4BrClO/c25-7-1-2-23(32)31-19-10-15-18(11-21(19)34-22-9-14-4-6-20(22)33-14)28-12-29-24(15)30-13-3-5-17(27)16(26)8-13;21-13-5-10(1-3-14(13)22)26-20-12-7-15(23)18(8-16(12)24-9-25-20)28-19-6-11-2-4-17(19)27-11;5-3-1-2-4(6)7/h1-3,5,8,10-12,14,20,22H,4,6-7,9H2,(H,31,32)(H,28,29,30);1,3,5,7-9,11,17,19H,2,4,6,23H2,(H,24,25,26);1-2H,3H2/b2-1+;;2-1+. The van der Waals surface area contributed by atoms with Crippen molar-refractivity contribution < 1.29 is 37.3 Å². The second-order valence-electron chi connectivity index (χ2n) is 16.2. The number of halogens is 7. The number of nitrogen functional groups attached to an aromatic ring is 1. The molecule has 4 fully saturated rings. The minimum Gasteiger partial charge on any atom is -0.485 e. The summed E-state index contributed by atoms with van der Waals surface area (Å²) in [7, 11) is 0. The summed E-state index contributed by atoms with van der Waals surface area (Å²) in [5.74, 6) is 0.877. The monoisotopic (exact) mass is 1130 g/mol. The maximum atomic E-state index is 13.6. The van der Waals surface area contributed by atoms with Crippen LogP contribution in [0.15, 0.2) is 97.6 Å². The van der Waals surface area contributed by atoms with Crippen molar-refractivity contribution in [3.8, 4) is 11.5 Å². The van der Waals surface area contributed by atoms with Crippen molar-refractivity contribution in [1.29, 1.82) is 0 Å². The zero-order valence-corrected chi connectivity index (χ0v) is 41.8. The molecule has 6 aromatic rings. The highest BCUT2D eigenvalue weighted by molar-refractivity contribution is 9.09. The topological polar surface area (TPSA) is 185 Å². The van der Waals surface area contributed by atoms with Gasteiger partial charge in [-0.15, -0.1) is 0 Å². The molecule has 4 saturated heterocycles. The van der Waals surface area contributed by atoms with Gasteiger partial charge in [0.15, 0.2) is 0 Å². The van der Waals surface area contributed by atoms with E-state index >= 15 is 0 Å². The summed E-state index contributed by atoms with van der Waals surface area (Å²) in [6.07, 6.45) is 15.5. The van der Waals surface area contributed by atoms with Gasteiger partial charge in [-0.3, -0.25) is 9.59 Å². The molecule has 1 amide bonds. The number of aromatic nitrogens is 4. The average Bonchev–Trinajstić information content (AvgIpc) is 4.16. The van der Waals surface area contributed by atoms with Gasteiger partial charge >= 0.3 is 0 Å². The van der Waals surface area contributed by atoms with Crippen molar-refractivity contribution in [3.63, 3.8) is 0 Å². The van der Waals surface area contributed by atoms with E-state index in [1.807, 2.05) is 6.07 Å². The molecule has 5 N–H and O–H groups in total. The second-order valence-corrected chi connectivity index (χ2v) is 18.6. The number of nitrogens with one attached hydrogen (secondary N) is 3. The number of rotatable bonds is 13. The summed E-state index contributed by atoms with van der Waals surface area (Å²) in [6, 6.07) is 15.9. The van der Waals surface area contributed by atoms with E-state index in [4.69, 9.17) is 59.5 Å². The van der Waals surface area contributed by atoms with Crippen LogP contribution >= 0.6 is 66.7 Å².